The summed E-state index contributed by atoms with van der Waals surface area (Å²) in [6.07, 6.45) is 3.52. The van der Waals surface area contributed by atoms with Gasteiger partial charge in [0.25, 0.3) is 0 Å². The molecule has 3 aromatic carbocycles. The van der Waals surface area contributed by atoms with Crippen LogP contribution >= 0.6 is 23.6 Å². The highest BCUT2D eigenvalue weighted by molar-refractivity contribution is 7.73. The van der Waals surface area contributed by atoms with E-state index in [9.17, 15) is 0 Å². The predicted molar refractivity (Wildman–Crippen MR) is 202 cm³/mol. The molecule has 0 saturated heterocycles. The Morgan fingerprint density at radius 3 is 1.42 bits per heavy atom. The molecule has 0 bridgehead atoms. The molecule has 1 aliphatic rings. The van der Waals surface area contributed by atoms with Gasteiger partial charge in [-0.3, -0.25) is 4.57 Å². The molecule has 45 heavy (non-hydrogen) atoms. The summed E-state index contributed by atoms with van der Waals surface area (Å²) in [5, 5.41) is 0. The minimum Gasteiger partial charge on any atom is -0.294 e. The van der Waals surface area contributed by atoms with E-state index in [1.165, 1.54) is 73.6 Å². The third-order valence-electron chi connectivity index (χ3n) is 9.64. The summed E-state index contributed by atoms with van der Waals surface area (Å²) in [5.74, 6) is 0.547. The molecule has 1 atom stereocenters. The number of fused-ring (bicyclic) bond motifs is 1. The van der Waals surface area contributed by atoms with E-state index < -0.39 is 0 Å². The zero-order valence-corrected chi connectivity index (χ0v) is 31.8. The first kappa shape index (κ1) is 33.9. The van der Waals surface area contributed by atoms with Gasteiger partial charge in [0.15, 0.2) is 3.95 Å². The van der Waals surface area contributed by atoms with Gasteiger partial charge in [-0.05, 0) is 92.4 Å². The molecular weight excluding hydrogens is 583 g/mol. The number of benzene rings is 3. The SMILES string of the molecule is CC1CCCc2c1sc(=S)n2-c1c(-c2cc(C(C)(C)C)cc(C(C)(C)C)c2)cccc1-c1cc(C(C)(C)C)cc(C(C)(C)C)c1. The maximum atomic E-state index is 6.30. The van der Waals surface area contributed by atoms with Gasteiger partial charge in [0.2, 0.25) is 0 Å². The maximum absolute atomic E-state index is 6.30. The Hall–Kier alpha value is -2.49. The van der Waals surface area contributed by atoms with Crippen LogP contribution in [0.3, 0.4) is 0 Å². The van der Waals surface area contributed by atoms with Crippen molar-refractivity contribution in [3.63, 3.8) is 0 Å². The lowest BCUT2D eigenvalue weighted by atomic mass is 9.77. The molecule has 0 fully saturated rings. The number of rotatable bonds is 3. The van der Waals surface area contributed by atoms with E-state index in [0.717, 1.165) is 10.4 Å². The van der Waals surface area contributed by atoms with Crippen LogP contribution in [0, 0.1) is 3.95 Å². The molecule has 1 nitrogen and oxygen atoms in total. The average Bonchev–Trinajstić information content (AvgIpc) is 3.27. The first-order valence-electron chi connectivity index (χ1n) is 16.9. The zero-order chi connectivity index (χ0) is 33.3. The van der Waals surface area contributed by atoms with Gasteiger partial charge in [0.1, 0.15) is 0 Å². The van der Waals surface area contributed by atoms with Crippen molar-refractivity contribution in [3.8, 4) is 27.9 Å². The monoisotopic (exact) mass is 637 g/mol. The van der Waals surface area contributed by atoms with Crippen molar-refractivity contribution in [1.29, 1.82) is 0 Å². The van der Waals surface area contributed by atoms with Crippen molar-refractivity contribution in [1.82, 2.24) is 4.57 Å². The second-order valence-electron chi connectivity index (χ2n) is 17.6. The van der Waals surface area contributed by atoms with E-state index in [4.69, 9.17) is 12.2 Å². The van der Waals surface area contributed by atoms with Crippen LogP contribution in [0.2, 0.25) is 0 Å². The molecule has 3 heteroatoms. The Kier molecular flexibility index (Phi) is 8.76. The van der Waals surface area contributed by atoms with Gasteiger partial charge in [0, 0.05) is 21.7 Å². The van der Waals surface area contributed by atoms with Crippen molar-refractivity contribution in [2.45, 2.75) is 137 Å². The van der Waals surface area contributed by atoms with Crippen LogP contribution in [-0.4, -0.2) is 4.57 Å². The topological polar surface area (TPSA) is 4.93 Å². The Morgan fingerprint density at radius 2 is 1.04 bits per heavy atom. The lowest BCUT2D eigenvalue weighted by Gasteiger charge is -2.29. The molecule has 0 aliphatic heterocycles. The quantitative estimate of drug-likeness (QED) is 0.202. The fourth-order valence-electron chi connectivity index (χ4n) is 6.52. The van der Waals surface area contributed by atoms with Crippen molar-refractivity contribution < 1.29 is 0 Å². The van der Waals surface area contributed by atoms with Gasteiger partial charge < -0.3 is 0 Å². The van der Waals surface area contributed by atoms with Crippen molar-refractivity contribution in [3.05, 3.63) is 91.4 Å². The number of hydrogen-bond donors (Lipinski definition) is 0. The Labute approximate surface area is 283 Å². The molecule has 1 aromatic heterocycles. The first-order valence-corrected chi connectivity index (χ1v) is 18.1. The fraction of sp³-hybridized carbons (Fsp3) is 0.500. The molecule has 240 valence electrons. The van der Waals surface area contributed by atoms with Crippen LogP contribution < -0.4 is 0 Å². The van der Waals surface area contributed by atoms with Crippen molar-refractivity contribution in [2.75, 3.05) is 0 Å². The average molecular weight is 638 g/mol. The summed E-state index contributed by atoms with van der Waals surface area (Å²) in [6.45, 7) is 30.3. The third-order valence-corrected chi connectivity index (χ3v) is 11.3. The normalized spacial score (nSPS) is 16.2. The second-order valence-corrected chi connectivity index (χ2v) is 19.3. The maximum Gasteiger partial charge on any atom is 0.166 e. The highest BCUT2D eigenvalue weighted by atomic mass is 32.1. The Balaban J connectivity index is 1.94. The number of para-hydroxylation sites is 1. The number of thiazole rings is 1. The highest BCUT2D eigenvalue weighted by Crippen LogP contribution is 2.45. The van der Waals surface area contributed by atoms with Crippen LogP contribution in [-0.2, 0) is 28.1 Å². The van der Waals surface area contributed by atoms with Crippen LogP contribution in [0.5, 0.6) is 0 Å². The molecule has 1 unspecified atom stereocenters. The molecule has 0 spiro atoms. The van der Waals surface area contributed by atoms with Crippen LogP contribution in [0.25, 0.3) is 27.9 Å². The van der Waals surface area contributed by atoms with Gasteiger partial charge in [-0.25, -0.2) is 0 Å². The highest BCUT2D eigenvalue weighted by Gasteiger charge is 2.29. The smallest absolute Gasteiger partial charge is 0.166 e. The lowest BCUT2D eigenvalue weighted by molar-refractivity contribution is 0.568. The third kappa shape index (κ3) is 6.82. The molecule has 4 aromatic rings. The summed E-state index contributed by atoms with van der Waals surface area (Å²) in [5.41, 5.74) is 13.3. The Bertz CT molecular complexity index is 1630. The second kappa shape index (κ2) is 11.6. The number of aromatic nitrogens is 1. The summed E-state index contributed by atoms with van der Waals surface area (Å²) < 4.78 is 3.45. The van der Waals surface area contributed by atoms with Crippen molar-refractivity contribution in [2.24, 2.45) is 0 Å². The van der Waals surface area contributed by atoms with E-state index in [1.54, 1.807) is 0 Å². The summed E-state index contributed by atoms with van der Waals surface area (Å²) in [6, 6.07) is 21.5. The van der Waals surface area contributed by atoms with Crippen LogP contribution in [0.4, 0.5) is 0 Å². The lowest BCUT2D eigenvalue weighted by Crippen LogP contribution is -2.17. The number of nitrogens with zero attached hydrogens (tertiary/aromatic N) is 1. The van der Waals surface area contributed by atoms with Gasteiger partial charge in [-0.2, -0.15) is 0 Å². The standard InChI is InChI=1S/C42H55NS2/c1-26-16-14-19-35-37(26)45-38(44)43(35)36-33(27-20-29(39(2,3)4)24-30(21-27)40(5,6)7)17-15-18-34(36)28-22-31(41(8,9)10)25-32(23-28)42(11,12)13/h15,17-18,20-26H,14,16,19H2,1-13H3. The van der Waals surface area contributed by atoms with Crippen LogP contribution in [0.15, 0.2) is 54.6 Å². The van der Waals surface area contributed by atoms with Crippen molar-refractivity contribution >= 4 is 23.6 Å². The zero-order valence-electron chi connectivity index (χ0n) is 30.2. The van der Waals surface area contributed by atoms with Gasteiger partial charge >= 0.3 is 0 Å². The van der Waals surface area contributed by atoms with E-state index in [1.807, 2.05) is 11.3 Å². The molecule has 1 aliphatic carbocycles. The summed E-state index contributed by atoms with van der Waals surface area (Å²) >= 11 is 8.13. The molecule has 5 rings (SSSR count). The molecular formula is C42H55NS2. The van der Waals surface area contributed by atoms with E-state index >= 15 is 0 Å². The van der Waals surface area contributed by atoms with Gasteiger partial charge in [-0.15, -0.1) is 11.3 Å². The predicted octanol–water partition coefficient (Wildman–Crippen LogP) is 13.2. The first-order chi connectivity index (χ1) is 20.7. The molecule has 0 saturated carbocycles. The van der Waals surface area contributed by atoms with E-state index in [2.05, 4.69) is 149 Å². The summed E-state index contributed by atoms with van der Waals surface area (Å²) in [7, 11) is 0. The fourth-order valence-corrected chi connectivity index (χ4v) is 8.10. The minimum absolute atomic E-state index is 0.0315. The van der Waals surface area contributed by atoms with Gasteiger partial charge in [-0.1, -0.05) is 145 Å². The molecule has 0 amide bonds. The van der Waals surface area contributed by atoms with E-state index in [0.29, 0.717) is 5.92 Å². The minimum atomic E-state index is 0.0315. The number of hydrogen-bond acceptors (Lipinski definition) is 2. The van der Waals surface area contributed by atoms with Gasteiger partial charge in [0.05, 0.1) is 5.69 Å². The summed E-state index contributed by atoms with van der Waals surface area (Å²) in [4.78, 5) is 1.48. The Morgan fingerprint density at radius 1 is 0.644 bits per heavy atom. The molecule has 1 heterocycles. The molecule has 0 radical (unpaired) electrons. The van der Waals surface area contributed by atoms with Crippen LogP contribution in [0.1, 0.15) is 142 Å². The van der Waals surface area contributed by atoms with E-state index in [-0.39, 0.29) is 21.7 Å². The molecule has 0 N–H and O–H groups in total. The largest absolute Gasteiger partial charge is 0.294 e.